The quantitative estimate of drug-likeness (QED) is 0.725. The highest BCUT2D eigenvalue weighted by Gasteiger charge is 2.37. The van der Waals surface area contributed by atoms with Gasteiger partial charge in [-0.25, -0.2) is 0 Å². The molecule has 1 aromatic carbocycles. The number of rotatable bonds is 8. The first-order valence-electron chi connectivity index (χ1n) is 8.86. The molecule has 1 fully saturated rings. The van der Waals surface area contributed by atoms with Crippen LogP contribution < -0.4 is 14.4 Å². The molecule has 0 radical (unpaired) electrons. The smallest absolute Gasteiger partial charge is 0.228 e. The lowest BCUT2D eigenvalue weighted by Crippen LogP contribution is -2.38. The maximum absolute atomic E-state index is 12.8. The van der Waals surface area contributed by atoms with Crippen molar-refractivity contribution >= 4 is 17.5 Å². The van der Waals surface area contributed by atoms with E-state index in [1.165, 1.54) is 0 Å². The Labute approximate surface area is 149 Å². The van der Waals surface area contributed by atoms with Crippen LogP contribution in [0.15, 0.2) is 18.2 Å². The third kappa shape index (κ3) is 4.24. The molecule has 1 aromatic rings. The van der Waals surface area contributed by atoms with Crippen LogP contribution in [0, 0.1) is 5.92 Å². The zero-order valence-corrected chi connectivity index (χ0v) is 15.6. The second kappa shape index (κ2) is 8.74. The van der Waals surface area contributed by atoms with Crippen molar-refractivity contribution in [3.63, 3.8) is 0 Å². The number of benzene rings is 1. The minimum absolute atomic E-state index is 0.0478. The number of carbonyl (C=O) groups excluding carboxylic acids is 2. The summed E-state index contributed by atoms with van der Waals surface area (Å²) in [5.74, 6) is 0.958. The van der Waals surface area contributed by atoms with Crippen LogP contribution >= 0.6 is 0 Å². The zero-order valence-electron chi connectivity index (χ0n) is 15.6. The monoisotopic (exact) mass is 348 g/mol. The Morgan fingerprint density at radius 2 is 2.04 bits per heavy atom. The number of methoxy groups -OCH3 is 2. The van der Waals surface area contributed by atoms with Crippen molar-refractivity contribution in [2.24, 2.45) is 5.92 Å². The number of nitrogens with zero attached hydrogens (tertiary/aromatic N) is 2. The van der Waals surface area contributed by atoms with Gasteiger partial charge in [0.15, 0.2) is 0 Å². The van der Waals surface area contributed by atoms with E-state index in [1.807, 2.05) is 11.8 Å². The van der Waals surface area contributed by atoms with Gasteiger partial charge in [-0.3, -0.25) is 9.59 Å². The van der Waals surface area contributed by atoms with Crippen molar-refractivity contribution in [2.45, 2.75) is 33.1 Å². The van der Waals surface area contributed by atoms with Gasteiger partial charge in [0.05, 0.1) is 25.8 Å². The minimum Gasteiger partial charge on any atom is -0.497 e. The lowest BCUT2D eigenvalue weighted by molar-refractivity contribution is -0.135. The molecule has 0 N–H and O–H groups in total. The van der Waals surface area contributed by atoms with Gasteiger partial charge in [0.2, 0.25) is 11.8 Å². The van der Waals surface area contributed by atoms with Crippen LogP contribution in [0.4, 0.5) is 5.69 Å². The van der Waals surface area contributed by atoms with Crippen LogP contribution in [0.25, 0.3) is 0 Å². The molecule has 6 nitrogen and oxygen atoms in total. The zero-order chi connectivity index (χ0) is 18.4. The highest BCUT2D eigenvalue weighted by atomic mass is 16.5. The van der Waals surface area contributed by atoms with Crippen molar-refractivity contribution < 1.29 is 19.1 Å². The molecule has 1 atom stereocenters. The normalized spacial score (nSPS) is 16.9. The van der Waals surface area contributed by atoms with E-state index in [0.29, 0.717) is 30.3 Å². The molecule has 0 spiro atoms. The van der Waals surface area contributed by atoms with Crippen LogP contribution in [0.1, 0.15) is 33.1 Å². The predicted octanol–water partition coefficient (Wildman–Crippen LogP) is 2.71. The molecule has 1 aliphatic heterocycles. The Morgan fingerprint density at radius 1 is 1.28 bits per heavy atom. The maximum atomic E-state index is 12.8. The van der Waals surface area contributed by atoms with E-state index in [9.17, 15) is 9.59 Å². The largest absolute Gasteiger partial charge is 0.497 e. The lowest BCUT2D eigenvalue weighted by Gasteiger charge is -2.24. The van der Waals surface area contributed by atoms with E-state index >= 15 is 0 Å². The van der Waals surface area contributed by atoms with Crippen LogP contribution in [0.5, 0.6) is 11.5 Å². The number of ether oxygens (including phenoxy) is 2. The molecule has 1 saturated heterocycles. The summed E-state index contributed by atoms with van der Waals surface area (Å²) < 4.78 is 10.6. The van der Waals surface area contributed by atoms with Gasteiger partial charge in [-0.15, -0.1) is 0 Å². The predicted molar refractivity (Wildman–Crippen MR) is 97.2 cm³/mol. The highest BCUT2D eigenvalue weighted by molar-refractivity contribution is 6.01. The van der Waals surface area contributed by atoms with E-state index in [-0.39, 0.29) is 24.2 Å². The molecule has 0 aromatic heterocycles. The topological polar surface area (TPSA) is 59.1 Å². The molecule has 0 saturated carbocycles. The first-order chi connectivity index (χ1) is 12.0. The summed E-state index contributed by atoms with van der Waals surface area (Å²) in [5, 5.41) is 0. The van der Waals surface area contributed by atoms with Gasteiger partial charge in [-0.1, -0.05) is 13.3 Å². The van der Waals surface area contributed by atoms with Gasteiger partial charge >= 0.3 is 0 Å². The van der Waals surface area contributed by atoms with Crippen molar-refractivity contribution in [1.29, 1.82) is 0 Å². The van der Waals surface area contributed by atoms with Crippen molar-refractivity contribution in [1.82, 2.24) is 4.90 Å². The maximum Gasteiger partial charge on any atom is 0.228 e. The summed E-state index contributed by atoms with van der Waals surface area (Å²) in [6, 6.07) is 5.34. The van der Waals surface area contributed by atoms with Crippen LogP contribution in [0.3, 0.4) is 0 Å². The molecule has 1 aliphatic rings. The number of amides is 2. The second-order valence-corrected chi connectivity index (χ2v) is 6.21. The average Bonchev–Trinajstić information content (AvgIpc) is 3.03. The van der Waals surface area contributed by atoms with Gasteiger partial charge in [0.25, 0.3) is 0 Å². The number of hydrogen-bond acceptors (Lipinski definition) is 4. The van der Waals surface area contributed by atoms with E-state index in [2.05, 4.69) is 6.92 Å². The number of hydrogen-bond donors (Lipinski definition) is 0. The fraction of sp³-hybridized carbons (Fsp3) is 0.579. The van der Waals surface area contributed by atoms with Crippen LogP contribution in [-0.2, 0) is 9.59 Å². The third-order valence-corrected chi connectivity index (χ3v) is 4.63. The van der Waals surface area contributed by atoms with Gasteiger partial charge in [-0.05, 0) is 25.5 Å². The van der Waals surface area contributed by atoms with E-state index in [4.69, 9.17) is 9.47 Å². The molecule has 1 heterocycles. The molecule has 0 aliphatic carbocycles. The Balaban J connectivity index is 2.16. The lowest BCUT2D eigenvalue weighted by atomic mass is 10.1. The molecule has 25 heavy (non-hydrogen) atoms. The minimum atomic E-state index is -0.295. The fourth-order valence-electron chi connectivity index (χ4n) is 3.15. The molecule has 138 valence electrons. The summed E-state index contributed by atoms with van der Waals surface area (Å²) in [6.07, 6.45) is 2.27. The number of anilines is 1. The van der Waals surface area contributed by atoms with Crippen molar-refractivity contribution in [3.05, 3.63) is 18.2 Å². The standard InChI is InChI=1S/C19H28N2O4/c1-5-7-10-20(6-2)19(23)14-11-18(22)21(13-14)16-9-8-15(24-3)12-17(16)25-4/h8-9,12,14H,5-7,10-11,13H2,1-4H3. The number of unbranched alkanes of at least 4 members (excludes halogenated alkanes) is 1. The molecule has 2 rings (SSSR count). The molecule has 1 unspecified atom stereocenters. The molecular formula is C19H28N2O4. The number of carbonyl (C=O) groups is 2. The first-order valence-corrected chi connectivity index (χ1v) is 8.86. The Hall–Kier alpha value is -2.24. The molecule has 2 amide bonds. The molecule has 6 heteroatoms. The third-order valence-electron chi connectivity index (χ3n) is 4.63. The fourth-order valence-corrected chi connectivity index (χ4v) is 3.15. The SMILES string of the molecule is CCCCN(CC)C(=O)C1CC(=O)N(c2ccc(OC)cc2OC)C1. The van der Waals surface area contributed by atoms with Crippen LogP contribution in [0.2, 0.25) is 0 Å². The summed E-state index contributed by atoms with van der Waals surface area (Å²) in [4.78, 5) is 28.8. The van der Waals surface area contributed by atoms with Gasteiger partial charge in [0.1, 0.15) is 11.5 Å². The highest BCUT2D eigenvalue weighted by Crippen LogP contribution is 2.36. The van der Waals surface area contributed by atoms with Gasteiger partial charge in [-0.2, -0.15) is 0 Å². The van der Waals surface area contributed by atoms with Crippen molar-refractivity contribution in [3.8, 4) is 11.5 Å². The second-order valence-electron chi connectivity index (χ2n) is 6.21. The van der Waals surface area contributed by atoms with E-state index in [0.717, 1.165) is 19.4 Å². The Morgan fingerprint density at radius 3 is 2.64 bits per heavy atom. The summed E-state index contributed by atoms with van der Waals surface area (Å²) >= 11 is 0. The first kappa shape index (κ1) is 19.1. The molecule has 0 bridgehead atoms. The van der Waals surface area contributed by atoms with Crippen molar-refractivity contribution in [2.75, 3.05) is 38.8 Å². The van der Waals surface area contributed by atoms with Gasteiger partial charge in [0, 0.05) is 32.1 Å². The summed E-state index contributed by atoms with van der Waals surface area (Å²) in [5.41, 5.74) is 0.681. The average molecular weight is 348 g/mol. The van der Waals surface area contributed by atoms with E-state index in [1.54, 1.807) is 37.3 Å². The van der Waals surface area contributed by atoms with E-state index < -0.39 is 0 Å². The Bertz CT molecular complexity index is 617. The molecular weight excluding hydrogens is 320 g/mol. The Kier molecular flexibility index (Phi) is 6.67. The summed E-state index contributed by atoms with van der Waals surface area (Å²) in [7, 11) is 3.14. The summed E-state index contributed by atoms with van der Waals surface area (Å²) in [6.45, 7) is 5.91. The van der Waals surface area contributed by atoms with Gasteiger partial charge < -0.3 is 19.3 Å². The van der Waals surface area contributed by atoms with Crippen LogP contribution in [-0.4, -0.2) is 50.6 Å².